The van der Waals surface area contributed by atoms with Gasteiger partial charge in [0.2, 0.25) is 5.91 Å². The summed E-state index contributed by atoms with van der Waals surface area (Å²) in [5.41, 5.74) is 20.2. The number of benzene rings is 3. The molecular weight excluding hydrogens is 803 g/mol. The first-order valence-corrected chi connectivity index (χ1v) is 25.5. The molecule has 346 valence electrons. The minimum Gasteiger partial charge on any atom is -0.398 e. The Morgan fingerprint density at radius 3 is 1.86 bits per heavy atom. The minimum absolute atomic E-state index is 0.0311. The van der Waals surface area contributed by atoms with Gasteiger partial charge in [0.1, 0.15) is 5.69 Å². The van der Waals surface area contributed by atoms with Gasteiger partial charge in [-0.1, -0.05) is 82.8 Å². The fraction of sp³-hybridized carbons (Fsp3) is 0.536. The second-order valence-electron chi connectivity index (χ2n) is 20.9. The molecule has 3 saturated carbocycles. The third-order valence-electron chi connectivity index (χ3n) is 15.6. The third kappa shape index (κ3) is 11.3. The Labute approximate surface area is 386 Å². The Morgan fingerprint density at radius 1 is 0.554 bits per heavy atom. The van der Waals surface area contributed by atoms with Crippen LogP contribution in [0.25, 0.3) is 32.7 Å². The first-order valence-electron chi connectivity index (χ1n) is 25.5. The maximum Gasteiger partial charge on any atom is 0.267 e. The van der Waals surface area contributed by atoms with E-state index in [1.807, 2.05) is 6.07 Å². The number of H-pyrrole nitrogens is 3. The number of carbonyl (C=O) groups excluding carboxylic acids is 2. The molecule has 0 spiro atoms. The number of nitrogens with two attached hydrogens (primary N) is 1. The van der Waals surface area contributed by atoms with Gasteiger partial charge in [-0.3, -0.25) is 9.59 Å². The second kappa shape index (κ2) is 20.7. The smallest absolute Gasteiger partial charge is 0.267 e. The van der Waals surface area contributed by atoms with E-state index in [0.29, 0.717) is 35.8 Å². The molecule has 9 nitrogen and oxygen atoms in total. The van der Waals surface area contributed by atoms with Crippen molar-refractivity contribution in [2.45, 2.75) is 174 Å². The molecule has 3 aliphatic rings. The molecule has 3 aromatic heterocycles. The largest absolute Gasteiger partial charge is 0.398 e. The molecule has 9 rings (SSSR count). The minimum atomic E-state index is -0.0311. The lowest BCUT2D eigenvalue weighted by molar-refractivity contribution is -0.125. The first-order chi connectivity index (χ1) is 31.6. The van der Waals surface area contributed by atoms with Gasteiger partial charge in [0.15, 0.2) is 0 Å². The molecule has 9 heteroatoms. The lowest BCUT2D eigenvalue weighted by Crippen LogP contribution is -2.35. The quantitative estimate of drug-likeness (QED) is 0.0485. The molecule has 2 unspecified atom stereocenters. The SMILES string of the molecule is Cc1cc(C)c2cc(CNC3CCCC(Cc4cc(C)c5cc(CNC(=O)C6CCCC(Cc7cc(N)c8cc(C(=O)NC9CCCCCCC9)[nH]c8c7)CC6)[nH]c5c4)CCC3)[nH]c2c1. The van der Waals surface area contributed by atoms with Gasteiger partial charge >= 0.3 is 0 Å². The maximum absolute atomic E-state index is 13.6. The highest BCUT2D eigenvalue weighted by atomic mass is 16.2. The Bertz CT molecular complexity index is 2580. The lowest BCUT2D eigenvalue weighted by Gasteiger charge is -2.25. The molecule has 2 amide bonds. The zero-order valence-electron chi connectivity index (χ0n) is 39.5. The van der Waals surface area contributed by atoms with Crippen LogP contribution in [0.4, 0.5) is 5.69 Å². The molecule has 0 saturated heterocycles. The summed E-state index contributed by atoms with van der Waals surface area (Å²) < 4.78 is 0. The van der Waals surface area contributed by atoms with Gasteiger partial charge in [-0.15, -0.1) is 0 Å². The number of rotatable bonds is 12. The van der Waals surface area contributed by atoms with Crippen LogP contribution in [0.2, 0.25) is 0 Å². The van der Waals surface area contributed by atoms with Crippen molar-refractivity contribution in [2.75, 3.05) is 5.73 Å². The number of aromatic nitrogens is 3. The Balaban J connectivity index is 0.725. The van der Waals surface area contributed by atoms with Gasteiger partial charge in [-0.25, -0.2) is 0 Å². The Hall–Kier alpha value is -5.02. The Kier molecular flexibility index (Phi) is 14.3. The number of aryl methyl sites for hydroxylation is 3. The molecule has 65 heavy (non-hydrogen) atoms. The van der Waals surface area contributed by atoms with Crippen molar-refractivity contribution in [3.05, 3.63) is 99.5 Å². The van der Waals surface area contributed by atoms with Crippen molar-refractivity contribution >= 4 is 50.2 Å². The van der Waals surface area contributed by atoms with Crippen molar-refractivity contribution in [1.82, 2.24) is 30.9 Å². The monoisotopic (exact) mass is 878 g/mol. The molecule has 0 bridgehead atoms. The van der Waals surface area contributed by atoms with Crippen LogP contribution in [0.5, 0.6) is 0 Å². The van der Waals surface area contributed by atoms with Gasteiger partial charge < -0.3 is 36.6 Å². The van der Waals surface area contributed by atoms with Crippen LogP contribution in [0.1, 0.15) is 165 Å². The van der Waals surface area contributed by atoms with Crippen LogP contribution in [-0.4, -0.2) is 38.8 Å². The molecule has 3 heterocycles. The fourth-order valence-electron chi connectivity index (χ4n) is 12.0. The number of carbonyl (C=O) groups is 2. The molecule has 2 atom stereocenters. The summed E-state index contributed by atoms with van der Waals surface area (Å²) in [5, 5.41) is 14.0. The van der Waals surface area contributed by atoms with Crippen LogP contribution in [0, 0.1) is 38.5 Å². The van der Waals surface area contributed by atoms with E-state index in [1.165, 1.54) is 126 Å². The number of nitrogen functional groups attached to an aromatic ring is 1. The van der Waals surface area contributed by atoms with Gasteiger partial charge in [-0.2, -0.15) is 0 Å². The van der Waals surface area contributed by atoms with Crippen LogP contribution >= 0.6 is 0 Å². The zero-order chi connectivity index (χ0) is 44.9. The van der Waals surface area contributed by atoms with E-state index in [1.54, 1.807) is 0 Å². The van der Waals surface area contributed by atoms with Gasteiger partial charge in [0.05, 0.1) is 6.54 Å². The summed E-state index contributed by atoms with van der Waals surface area (Å²) in [7, 11) is 0. The fourth-order valence-corrected chi connectivity index (χ4v) is 12.0. The molecule has 3 fully saturated rings. The highest BCUT2D eigenvalue weighted by Crippen LogP contribution is 2.34. The van der Waals surface area contributed by atoms with Gasteiger partial charge in [-0.05, 0) is 161 Å². The summed E-state index contributed by atoms with van der Waals surface area (Å²) in [5.74, 6) is 1.40. The predicted molar refractivity (Wildman–Crippen MR) is 268 cm³/mol. The first kappa shape index (κ1) is 45.1. The normalized spacial score (nSPS) is 21.7. The highest BCUT2D eigenvalue weighted by Gasteiger charge is 2.26. The van der Waals surface area contributed by atoms with Crippen LogP contribution in [0.15, 0.2) is 54.6 Å². The summed E-state index contributed by atoms with van der Waals surface area (Å²) in [6.45, 7) is 8.04. The molecule has 3 aromatic carbocycles. The topological polar surface area (TPSA) is 144 Å². The summed E-state index contributed by atoms with van der Waals surface area (Å²) in [6, 6.07) is 20.9. The van der Waals surface area contributed by atoms with Crippen molar-refractivity contribution < 1.29 is 9.59 Å². The number of hydrogen-bond acceptors (Lipinski definition) is 4. The summed E-state index contributed by atoms with van der Waals surface area (Å²) in [6.07, 6.45) is 23.0. The van der Waals surface area contributed by atoms with Crippen molar-refractivity contribution in [3.63, 3.8) is 0 Å². The summed E-state index contributed by atoms with van der Waals surface area (Å²) in [4.78, 5) is 37.6. The Morgan fingerprint density at radius 2 is 1.14 bits per heavy atom. The van der Waals surface area contributed by atoms with E-state index in [2.05, 4.69) is 100 Å². The highest BCUT2D eigenvalue weighted by molar-refractivity contribution is 6.01. The third-order valence-corrected chi connectivity index (χ3v) is 15.6. The molecule has 3 aliphatic carbocycles. The molecule has 8 N–H and O–H groups in total. The number of amides is 2. The van der Waals surface area contributed by atoms with E-state index >= 15 is 0 Å². The average molecular weight is 878 g/mol. The van der Waals surface area contributed by atoms with E-state index in [4.69, 9.17) is 5.73 Å². The van der Waals surface area contributed by atoms with Crippen molar-refractivity contribution in [1.29, 1.82) is 0 Å². The standard InChI is InChI=1S/C56H75N7O2/c1-35-22-36(2)47-30-45(60-51(47)23-35)33-58-43-18-10-13-38(14-11-19-43)25-40-24-37(3)48-31-46(61-52(48)28-40)34-59-55(64)42-15-9-12-39(20-21-42)26-41-27-50(57)49-32-54(63-53(49)29-41)56(65)62-44-16-7-5-4-6-8-17-44/h22-24,27-32,38-39,42-44,58,60-61,63H,4-21,25-26,33-34,57H2,1-3H3,(H,59,64)(H,62,65). The number of anilines is 1. The number of aromatic amines is 3. The molecule has 0 aliphatic heterocycles. The molecular formula is C56H75N7O2. The predicted octanol–water partition coefficient (Wildman–Crippen LogP) is 12.2. The van der Waals surface area contributed by atoms with Crippen LogP contribution < -0.4 is 21.7 Å². The van der Waals surface area contributed by atoms with Crippen molar-refractivity contribution in [3.8, 4) is 0 Å². The summed E-state index contributed by atoms with van der Waals surface area (Å²) >= 11 is 0. The lowest BCUT2D eigenvalue weighted by atomic mass is 9.85. The second-order valence-corrected chi connectivity index (χ2v) is 20.9. The van der Waals surface area contributed by atoms with Crippen LogP contribution in [0.3, 0.4) is 0 Å². The number of hydrogen-bond donors (Lipinski definition) is 7. The van der Waals surface area contributed by atoms with Gasteiger partial charge in [0.25, 0.3) is 5.91 Å². The van der Waals surface area contributed by atoms with E-state index in [0.717, 1.165) is 80.9 Å². The number of nitrogens with one attached hydrogen (secondary N) is 6. The van der Waals surface area contributed by atoms with E-state index in [9.17, 15) is 9.59 Å². The number of fused-ring (bicyclic) bond motifs is 3. The zero-order valence-corrected chi connectivity index (χ0v) is 39.5. The molecule has 0 radical (unpaired) electrons. The maximum atomic E-state index is 13.6. The average Bonchev–Trinajstić information content (AvgIpc) is 3.95. The van der Waals surface area contributed by atoms with E-state index in [-0.39, 0.29) is 23.8 Å². The van der Waals surface area contributed by atoms with Crippen molar-refractivity contribution in [2.24, 2.45) is 17.8 Å². The van der Waals surface area contributed by atoms with Gasteiger partial charge in [0, 0.05) is 74.3 Å². The molecule has 6 aromatic rings. The van der Waals surface area contributed by atoms with Crippen LogP contribution in [-0.2, 0) is 30.7 Å². The van der Waals surface area contributed by atoms with E-state index < -0.39 is 0 Å².